The third-order valence-electron chi connectivity index (χ3n) is 2.78. The third kappa shape index (κ3) is 3.14. The van der Waals surface area contributed by atoms with E-state index in [-0.39, 0.29) is 11.8 Å². The monoisotopic (exact) mass is 196 g/mol. The van der Waals surface area contributed by atoms with Crippen LogP contribution in [0, 0.1) is 11.8 Å². The first-order valence-electron chi connectivity index (χ1n) is 5.35. The maximum Gasteiger partial charge on any atom is 0.223 e. The lowest BCUT2D eigenvalue weighted by Gasteiger charge is -2.31. The van der Waals surface area contributed by atoms with Crippen LogP contribution in [0.4, 0.5) is 0 Å². The fraction of sp³-hybridized carbons (Fsp3) is 0.727. The molecule has 1 fully saturated rings. The smallest absolute Gasteiger partial charge is 0.223 e. The van der Waals surface area contributed by atoms with E-state index in [9.17, 15) is 4.79 Å². The fourth-order valence-electron chi connectivity index (χ4n) is 1.48. The Morgan fingerprint density at radius 1 is 1.64 bits per heavy atom. The van der Waals surface area contributed by atoms with Crippen LogP contribution < -0.4 is 10.6 Å². The molecule has 1 heterocycles. The Labute approximate surface area is 86.0 Å². The number of nitrogens with one attached hydrogen (secondary N) is 2. The van der Waals surface area contributed by atoms with E-state index in [2.05, 4.69) is 16.7 Å². The van der Waals surface area contributed by atoms with E-state index >= 15 is 0 Å². The Morgan fingerprint density at radius 3 is 2.86 bits per heavy atom. The first-order valence-corrected chi connectivity index (χ1v) is 5.35. The molecule has 2 N–H and O–H groups in total. The van der Waals surface area contributed by atoms with E-state index in [1.807, 2.05) is 19.9 Å². The number of carbonyl (C=O) groups excluding carboxylic acids is 1. The molecule has 1 unspecified atom stereocenters. The molecule has 3 heteroatoms. The molecule has 0 aromatic carbocycles. The molecule has 0 saturated carbocycles. The SMILES string of the molecule is C/C=C/CCNC(=O)C(C)C1CNC1. The van der Waals surface area contributed by atoms with Crippen molar-refractivity contribution >= 4 is 5.91 Å². The minimum Gasteiger partial charge on any atom is -0.356 e. The molecule has 1 amide bonds. The lowest BCUT2D eigenvalue weighted by molar-refractivity contribution is -0.126. The number of carbonyl (C=O) groups is 1. The van der Waals surface area contributed by atoms with E-state index in [1.165, 1.54) is 0 Å². The van der Waals surface area contributed by atoms with Crippen molar-refractivity contribution < 1.29 is 4.79 Å². The van der Waals surface area contributed by atoms with Crippen LogP contribution in [0.5, 0.6) is 0 Å². The van der Waals surface area contributed by atoms with Crippen LogP contribution in [0.15, 0.2) is 12.2 Å². The molecule has 1 saturated heterocycles. The summed E-state index contributed by atoms with van der Waals surface area (Å²) in [5, 5.41) is 6.13. The van der Waals surface area contributed by atoms with Gasteiger partial charge in [0.1, 0.15) is 0 Å². The van der Waals surface area contributed by atoms with Gasteiger partial charge in [0.15, 0.2) is 0 Å². The second kappa shape index (κ2) is 5.81. The van der Waals surface area contributed by atoms with Crippen molar-refractivity contribution in [1.82, 2.24) is 10.6 Å². The minimum absolute atomic E-state index is 0.154. The first-order chi connectivity index (χ1) is 6.75. The van der Waals surface area contributed by atoms with Gasteiger partial charge in [0, 0.05) is 12.5 Å². The molecular formula is C11H20N2O. The maximum atomic E-state index is 11.6. The van der Waals surface area contributed by atoms with Crippen LogP contribution in [-0.2, 0) is 4.79 Å². The average molecular weight is 196 g/mol. The van der Waals surface area contributed by atoms with Crippen molar-refractivity contribution in [3.8, 4) is 0 Å². The summed E-state index contributed by atoms with van der Waals surface area (Å²) in [6.07, 6.45) is 5.00. The highest BCUT2D eigenvalue weighted by atomic mass is 16.1. The first kappa shape index (κ1) is 11.2. The van der Waals surface area contributed by atoms with Crippen molar-refractivity contribution in [3.05, 3.63) is 12.2 Å². The summed E-state index contributed by atoms with van der Waals surface area (Å²) in [6.45, 7) is 6.74. The molecule has 1 aliphatic heterocycles. The van der Waals surface area contributed by atoms with Gasteiger partial charge in [0.05, 0.1) is 0 Å². The zero-order valence-electron chi connectivity index (χ0n) is 9.05. The Bertz CT molecular complexity index is 209. The van der Waals surface area contributed by atoms with Gasteiger partial charge in [-0.25, -0.2) is 0 Å². The molecule has 14 heavy (non-hydrogen) atoms. The number of amides is 1. The highest BCUT2D eigenvalue weighted by Crippen LogP contribution is 2.15. The molecular weight excluding hydrogens is 176 g/mol. The van der Waals surface area contributed by atoms with Crippen LogP contribution in [0.1, 0.15) is 20.3 Å². The summed E-state index contributed by atoms with van der Waals surface area (Å²) in [7, 11) is 0. The lowest BCUT2D eigenvalue weighted by atomic mass is 9.88. The van der Waals surface area contributed by atoms with Crippen molar-refractivity contribution in [2.24, 2.45) is 11.8 Å². The van der Waals surface area contributed by atoms with E-state index in [0.29, 0.717) is 5.92 Å². The topological polar surface area (TPSA) is 41.1 Å². The standard InChI is InChI=1S/C11H20N2O/c1-3-4-5-6-13-11(14)9(2)10-7-12-8-10/h3-4,9-10,12H,5-8H2,1-2H3,(H,13,14)/b4-3+. The molecule has 0 aromatic heterocycles. The quantitative estimate of drug-likeness (QED) is 0.507. The normalized spacial score (nSPS) is 19.3. The van der Waals surface area contributed by atoms with Gasteiger partial charge in [-0.15, -0.1) is 0 Å². The minimum atomic E-state index is 0.154. The van der Waals surface area contributed by atoms with Gasteiger partial charge in [-0.3, -0.25) is 4.79 Å². The molecule has 3 nitrogen and oxygen atoms in total. The van der Waals surface area contributed by atoms with E-state index in [0.717, 1.165) is 26.1 Å². The molecule has 80 valence electrons. The molecule has 1 rings (SSSR count). The number of rotatable bonds is 5. The van der Waals surface area contributed by atoms with Crippen LogP contribution in [0.3, 0.4) is 0 Å². The van der Waals surface area contributed by atoms with Gasteiger partial charge in [0.25, 0.3) is 0 Å². The van der Waals surface area contributed by atoms with Crippen molar-refractivity contribution in [2.45, 2.75) is 20.3 Å². The van der Waals surface area contributed by atoms with Gasteiger partial charge in [-0.2, -0.15) is 0 Å². The van der Waals surface area contributed by atoms with Gasteiger partial charge in [-0.05, 0) is 32.4 Å². The van der Waals surface area contributed by atoms with Crippen LogP contribution in [0.2, 0.25) is 0 Å². The maximum absolute atomic E-state index is 11.6. The third-order valence-corrected chi connectivity index (χ3v) is 2.78. The van der Waals surface area contributed by atoms with Gasteiger partial charge < -0.3 is 10.6 Å². The number of hydrogen-bond acceptors (Lipinski definition) is 2. The summed E-state index contributed by atoms with van der Waals surface area (Å²) in [5.74, 6) is 0.888. The Hall–Kier alpha value is -0.830. The second-order valence-corrected chi connectivity index (χ2v) is 3.86. The van der Waals surface area contributed by atoms with E-state index in [4.69, 9.17) is 0 Å². The molecule has 0 bridgehead atoms. The Kier molecular flexibility index (Phi) is 4.66. The van der Waals surface area contributed by atoms with Crippen LogP contribution >= 0.6 is 0 Å². The van der Waals surface area contributed by atoms with Crippen LogP contribution in [-0.4, -0.2) is 25.5 Å². The van der Waals surface area contributed by atoms with Crippen molar-refractivity contribution in [1.29, 1.82) is 0 Å². The number of hydrogen-bond donors (Lipinski definition) is 2. The zero-order valence-corrected chi connectivity index (χ0v) is 9.05. The Morgan fingerprint density at radius 2 is 2.36 bits per heavy atom. The molecule has 1 aliphatic rings. The van der Waals surface area contributed by atoms with Crippen molar-refractivity contribution in [3.63, 3.8) is 0 Å². The van der Waals surface area contributed by atoms with Gasteiger partial charge >= 0.3 is 0 Å². The predicted octanol–water partition coefficient (Wildman–Crippen LogP) is 0.924. The number of allylic oxidation sites excluding steroid dienone is 1. The summed E-state index contributed by atoms with van der Waals surface area (Å²) in [4.78, 5) is 11.6. The predicted molar refractivity (Wildman–Crippen MR) is 58.0 cm³/mol. The summed E-state index contributed by atoms with van der Waals surface area (Å²) in [5.41, 5.74) is 0. The highest BCUT2D eigenvalue weighted by molar-refractivity contribution is 5.78. The summed E-state index contributed by atoms with van der Waals surface area (Å²) < 4.78 is 0. The highest BCUT2D eigenvalue weighted by Gasteiger charge is 2.28. The van der Waals surface area contributed by atoms with E-state index < -0.39 is 0 Å². The van der Waals surface area contributed by atoms with Gasteiger partial charge in [0.2, 0.25) is 5.91 Å². The average Bonchev–Trinajstić information content (AvgIpc) is 2.09. The largest absolute Gasteiger partial charge is 0.356 e. The van der Waals surface area contributed by atoms with Crippen molar-refractivity contribution in [2.75, 3.05) is 19.6 Å². The second-order valence-electron chi connectivity index (χ2n) is 3.86. The van der Waals surface area contributed by atoms with E-state index in [1.54, 1.807) is 0 Å². The van der Waals surface area contributed by atoms with Gasteiger partial charge in [-0.1, -0.05) is 19.1 Å². The summed E-state index contributed by atoms with van der Waals surface area (Å²) >= 11 is 0. The fourth-order valence-corrected chi connectivity index (χ4v) is 1.48. The van der Waals surface area contributed by atoms with Crippen LogP contribution in [0.25, 0.3) is 0 Å². The molecule has 0 spiro atoms. The molecule has 0 aromatic rings. The lowest BCUT2D eigenvalue weighted by Crippen LogP contribution is -2.49. The zero-order chi connectivity index (χ0) is 10.4. The Balaban J connectivity index is 2.13. The molecule has 0 aliphatic carbocycles. The molecule has 0 radical (unpaired) electrons. The molecule has 1 atom stereocenters. The summed E-state index contributed by atoms with van der Waals surface area (Å²) in [6, 6.07) is 0.